The summed E-state index contributed by atoms with van der Waals surface area (Å²) in [6.07, 6.45) is 1.28. The molecule has 7 heteroatoms. The lowest BCUT2D eigenvalue weighted by Gasteiger charge is -2.06. The molecule has 0 fully saturated rings. The maximum atomic E-state index is 11.3. The Labute approximate surface area is 111 Å². The van der Waals surface area contributed by atoms with Gasteiger partial charge >= 0.3 is 5.97 Å². The zero-order valence-corrected chi connectivity index (χ0v) is 11.1. The number of aromatic nitrogens is 2. The van der Waals surface area contributed by atoms with E-state index in [0.717, 1.165) is 6.42 Å². The summed E-state index contributed by atoms with van der Waals surface area (Å²) >= 11 is 0. The van der Waals surface area contributed by atoms with E-state index < -0.39 is 5.97 Å². The minimum Gasteiger partial charge on any atom is -0.464 e. The average Bonchev–Trinajstić information content (AvgIpc) is 2.45. The third kappa shape index (κ3) is 5.33. The van der Waals surface area contributed by atoms with Crippen molar-refractivity contribution in [2.75, 3.05) is 25.5 Å². The number of hydrogen-bond donors (Lipinski definition) is 2. The molecule has 0 aliphatic rings. The predicted octanol–water partition coefficient (Wildman–Crippen LogP) is 0.591. The van der Waals surface area contributed by atoms with Crippen LogP contribution in [0, 0.1) is 0 Å². The smallest absolute Gasteiger partial charge is 0.358 e. The Kier molecular flexibility index (Phi) is 6.28. The van der Waals surface area contributed by atoms with Crippen LogP contribution in [0.5, 0.6) is 0 Å². The molecular weight excluding hydrogens is 248 g/mol. The number of rotatable bonds is 7. The molecule has 1 amide bonds. The molecular formula is C12H18N4O3. The Morgan fingerprint density at radius 2 is 2.05 bits per heavy atom. The van der Waals surface area contributed by atoms with E-state index >= 15 is 0 Å². The second-order valence-electron chi connectivity index (χ2n) is 3.82. The number of hydrogen-bond acceptors (Lipinski definition) is 6. The molecule has 0 radical (unpaired) electrons. The van der Waals surface area contributed by atoms with Crippen LogP contribution in [0.2, 0.25) is 0 Å². The fourth-order valence-electron chi connectivity index (χ4n) is 1.30. The van der Waals surface area contributed by atoms with Crippen molar-refractivity contribution in [3.63, 3.8) is 0 Å². The van der Waals surface area contributed by atoms with Crippen LogP contribution in [0.4, 0.5) is 5.82 Å². The lowest BCUT2D eigenvalue weighted by Crippen LogP contribution is -2.26. The first-order valence-corrected chi connectivity index (χ1v) is 6.10. The zero-order chi connectivity index (χ0) is 14.1. The molecule has 0 atom stereocenters. The Bertz CT molecular complexity index is 419. The van der Waals surface area contributed by atoms with E-state index in [1.807, 2.05) is 6.92 Å². The second-order valence-corrected chi connectivity index (χ2v) is 3.82. The monoisotopic (exact) mass is 266 g/mol. The molecule has 1 heterocycles. The van der Waals surface area contributed by atoms with Crippen LogP contribution in [0.3, 0.4) is 0 Å². The van der Waals surface area contributed by atoms with Gasteiger partial charge < -0.3 is 15.4 Å². The minimum atomic E-state index is -0.530. The van der Waals surface area contributed by atoms with Gasteiger partial charge in [0.1, 0.15) is 5.82 Å². The van der Waals surface area contributed by atoms with E-state index in [2.05, 4.69) is 25.6 Å². The highest BCUT2D eigenvalue weighted by Gasteiger charge is 2.07. The van der Waals surface area contributed by atoms with E-state index in [9.17, 15) is 9.59 Å². The molecule has 0 saturated carbocycles. The Balaban J connectivity index is 2.34. The fraction of sp³-hybridized carbons (Fsp3) is 0.500. The summed E-state index contributed by atoms with van der Waals surface area (Å²) in [5.41, 5.74) is 0.147. The summed E-state index contributed by atoms with van der Waals surface area (Å²) in [5, 5.41) is 13.2. The van der Waals surface area contributed by atoms with Gasteiger partial charge in [0.25, 0.3) is 0 Å². The quantitative estimate of drug-likeness (QED) is 0.702. The molecule has 0 spiro atoms. The van der Waals surface area contributed by atoms with E-state index in [0.29, 0.717) is 25.3 Å². The van der Waals surface area contributed by atoms with Crippen molar-refractivity contribution in [1.82, 2.24) is 15.5 Å². The van der Waals surface area contributed by atoms with Gasteiger partial charge in [-0.25, -0.2) is 4.79 Å². The summed E-state index contributed by atoms with van der Waals surface area (Å²) in [6.45, 7) is 3.14. The van der Waals surface area contributed by atoms with Gasteiger partial charge in [-0.05, 0) is 18.6 Å². The molecule has 1 aromatic rings. The Hall–Kier alpha value is -2.18. The number of methoxy groups -OCH3 is 1. The summed E-state index contributed by atoms with van der Waals surface area (Å²) < 4.78 is 4.51. The standard InChI is InChI=1S/C12H18N4O3/c1-3-7-14-11(17)6-8-13-10-5-4-9(15-16-10)12(18)19-2/h4-5H,3,6-8H2,1-2H3,(H,13,16)(H,14,17). The van der Waals surface area contributed by atoms with Crippen LogP contribution in [0.25, 0.3) is 0 Å². The van der Waals surface area contributed by atoms with Crippen molar-refractivity contribution < 1.29 is 14.3 Å². The summed E-state index contributed by atoms with van der Waals surface area (Å²) in [6, 6.07) is 3.13. The molecule has 0 aliphatic carbocycles. The van der Waals surface area contributed by atoms with Crippen molar-refractivity contribution in [3.8, 4) is 0 Å². The molecule has 0 bridgehead atoms. The van der Waals surface area contributed by atoms with Gasteiger partial charge in [-0.3, -0.25) is 4.79 Å². The van der Waals surface area contributed by atoms with E-state index in [1.54, 1.807) is 6.07 Å². The molecule has 104 valence electrons. The fourth-order valence-corrected chi connectivity index (χ4v) is 1.30. The molecule has 2 N–H and O–H groups in total. The number of amides is 1. The van der Waals surface area contributed by atoms with Crippen LogP contribution in [-0.4, -0.2) is 42.3 Å². The minimum absolute atomic E-state index is 0.00603. The first-order chi connectivity index (χ1) is 9.17. The summed E-state index contributed by atoms with van der Waals surface area (Å²) in [5.74, 6) is -0.0255. The van der Waals surface area contributed by atoms with Gasteiger partial charge in [-0.2, -0.15) is 0 Å². The molecule has 0 unspecified atom stereocenters. The number of carbonyl (C=O) groups excluding carboxylic acids is 2. The third-order valence-electron chi connectivity index (χ3n) is 2.29. The molecule has 7 nitrogen and oxygen atoms in total. The first-order valence-electron chi connectivity index (χ1n) is 6.10. The topological polar surface area (TPSA) is 93.2 Å². The molecule has 1 aromatic heterocycles. The summed E-state index contributed by atoms with van der Waals surface area (Å²) in [4.78, 5) is 22.5. The van der Waals surface area contributed by atoms with Gasteiger partial charge in [0.05, 0.1) is 7.11 Å². The lowest BCUT2D eigenvalue weighted by atomic mass is 10.3. The van der Waals surface area contributed by atoms with E-state index in [-0.39, 0.29) is 11.6 Å². The number of nitrogens with one attached hydrogen (secondary N) is 2. The van der Waals surface area contributed by atoms with Gasteiger partial charge in [0, 0.05) is 19.5 Å². The van der Waals surface area contributed by atoms with Gasteiger partial charge in [0.15, 0.2) is 5.69 Å². The van der Waals surface area contributed by atoms with Gasteiger partial charge in [-0.1, -0.05) is 6.92 Å². The average molecular weight is 266 g/mol. The molecule has 19 heavy (non-hydrogen) atoms. The molecule has 0 aliphatic heterocycles. The number of esters is 1. The van der Waals surface area contributed by atoms with Crippen LogP contribution < -0.4 is 10.6 Å². The molecule has 0 aromatic carbocycles. The third-order valence-corrected chi connectivity index (χ3v) is 2.29. The number of anilines is 1. The number of ether oxygens (including phenoxy) is 1. The number of carbonyl (C=O) groups is 2. The Morgan fingerprint density at radius 3 is 2.63 bits per heavy atom. The SMILES string of the molecule is CCCNC(=O)CCNc1ccc(C(=O)OC)nn1. The van der Waals surface area contributed by atoms with Gasteiger partial charge in [-0.15, -0.1) is 10.2 Å². The van der Waals surface area contributed by atoms with Gasteiger partial charge in [0.2, 0.25) is 5.91 Å². The lowest BCUT2D eigenvalue weighted by molar-refractivity contribution is -0.120. The van der Waals surface area contributed by atoms with Crippen LogP contribution >= 0.6 is 0 Å². The van der Waals surface area contributed by atoms with Crippen molar-refractivity contribution in [3.05, 3.63) is 17.8 Å². The van der Waals surface area contributed by atoms with E-state index in [4.69, 9.17) is 0 Å². The van der Waals surface area contributed by atoms with Crippen molar-refractivity contribution >= 4 is 17.7 Å². The highest BCUT2D eigenvalue weighted by molar-refractivity contribution is 5.86. The normalized spacial score (nSPS) is 9.79. The van der Waals surface area contributed by atoms with Crippen molar-refractivity contribution in [2.24, 2.45) is 0 Å². The predicted molar refractivity (Wildman–Crippen MR) is 69.8 cm³/mol. The zero-order valence-electron chi connectivity index (χ0n) is 11.1. The number of nitrogens with zero attached hydrogens (tertiary/aromatic N) is 2. The largest absolute Gasteiger partial charge is 0.464 e. The van der Waals surface area contributed by atoms with Crippen molar-refractivity contribution in [1.29, 1.82) is 0 Å². The highest BCUT2D eigenvalue weighted by Crippen LogP contribution is 2.02. The Morgan fingerprint density at radius 1 is 1.26 bits per heavy atom. The highest BCUT2D eigenvalue weighted by atomic mass is 16.5. The molecule has 0 saturated heterocycles. The maximum absolute atomic E-state index is 11.3. The summed E-state index contributed by atoms with van der Waals surface area (Å²) in [7, 11) is 1.28. The molecule has 1 rings (SSSR count). The van der Waals surface area contributed by atoms with Crippen LogP contribution in [0.1, 0.15) is 30.3 Å². The second kappa shape index (κ2) is 8.02. The maximum Gasteiger partial charge on any atom is 0.358 e. The van der Waals surface area contributed by atoms with Crippen LogP contribution in [0.15, 0.2) is 12.1 Å². The van der Waals surface area contributed by atoms with Crippen LogP contribution in [-0.2, 0) is 9.53 Å². The van der Waals surface area contributed by atoms with Crippen molar-refractivity contribution in [2.45, 2.75) is 19.8 Å². The van der Waals surface area contributed by atoms with E-state index in [1.165, 1.54) is 13.2 Å². The first kappa shape index (κ1) is 14.9.